The first kappa shape index (κ1) is 12.9. The highest BCUT2D eigenvalue weighted by Crippen LogP contribution is 1.92. The quantitative estimate of drug-likeness (QED) is 0.377. The Morgan fingerprint density at radius 2 is 1.92 bits per heavy atom. The molecule has 0 bridgehead atoms. The molecule has 0 N–H and O–H groups in total. The van der Waals surface area contributed by atoms with Gasteiger partial charge in [0.05, 0.1) is 6.61 Å². The highest BCUT2D eigenvalue weighted by atomic mass is 79.9. The Bertz CT molecular complexity index is 128. The fourth-order valence-corrected chi connectivity index (χ4v) is 0.896. The molecule has 0 unspecified atom stereocenters. The van der Waals surface area contributed by atoms with E-state index in [9.17, 15) is 4.79 Å². The van der Waals surface area contributed by atoms with Crippen LogP contribution >= 0.6 is 15.9 Å². The van der Waals surface area contributed by atoms with E-state index in [-0.39, 0.29) is 11.3 Å². The molecule has 3 nitrogen and oxygen atoms in total. The largest absolute Gasteiger partial charge is 0.465 e. The first-order chi connectivity index (χ1) is 6.31. The molecular weight excluding hydrogens is 236 g/mol. The summed E-state index contributed by atoms with van der Waals surface area (Å²) in [6.45, 7) is 4.07. The maximum absolute atomic E-state index is 10.6. The molecular formula is C9H17BrO3. The molecule has 0 aliphatic rings. The standard InChI is InChI=1S/C9H17BrO3/c1-2-3-5-12-6-4-7-13-9(11)8-10/h2-8H2,1H3. The van der Waals surface area contributed by atoms with Gasteiger partial charge >= 0.3 is 5.97 Å². The van der Waals surface area contributed by atoms with Gasteiger partial charge in [0.1, 0.15) is 5.33 Å². The zero-order chi connectivity index (χ0) is 9.94. The van der Waals surface area contributed by atoms with Crippen LogP contribution in [0.1, 0.15) is 26.2 Å². The summed E-state index contributed by atoms with van der Waals surface area (Å²) in [5.74, 6) is -0.214. The molecule has 0 aliphatic carbocycles. The molecule has 0 atom stereocenters. The summed E-state index contributed by atoms with van der Waals surface area (Å²) in [4.78, 5) is 10.6. The summed E-state index contributed by atoms with van der Waals surface area (Å²) >= 11 is 3.01. The summed E-state index contributed by atoms with van der Waals surface area (Å²) < 4.78 is 10.1. The predicted molar refractivity (Wildman–Crippen MR) is 55.1 cm³/mol. The second-order valence-corrected chi connectivity index (χ2v) is 3.23. The second kappa shape index (κ2) is 9.99. The normalized spacial score (nSPS) is 10.0. The van der Waals surface area contributed by atoms with Crippen molar-refractivity contribution in [1.29, 1.82) is 0 Å². The number of carbonyl (C=O) groups is 1. The lowest BCUT2D eigenvalue weighted by Crippen LogP contribution is -2.08. The van der Waals surface area contributed by atoms with Crippen molar-refractivity contribution >= 4 is 21.9 Å². The summed E-state index contributed by atoms with van der Waals surface area (Å²) in [6.07, 6.45) is 3.03. The van der Waals surface area contributed by atoms with Crippen LogP contribution in [0.3, 0.4) is 0 Å². The number of halogens is 1. The first-order valence-corrected chi connectivity index (χ1v) is 5.72. The fourth-order valence-electron chi connectivity index (χ4n) is 0.734. The van der Waals surface area contributed by atoms with Gasteiger partial charge in [-0.05, 0) is 6.42 Å². The second-order valence-electron chi connectivity index (χ2n) is 2.67. The van der Waals surface area contributed by atoms with Crippen molar-refractivity contribution in [2.45, 2.75) is 26.2 Å². The van der Waals surface area contributed by atoms with E-state index in [1.807, 2.05) is 0 Å². The number of esters is 1. The number of hydrogen-bond donors (Lipinski definition) is 0. The lowest BCUT2D eigenvalue weighted by atomic mass is 10.4. The van der Waals surface area contributed by atoms with Crippen LogP contribution in [0.5, 0.6) is 0 Å². The number of hydrogen-bond acceptors (Lipinski definition) is 3. The monoisotopic (exact) mass is 252 g/mol. The highest BCUT2D eigenvalue weighted by molar-refractivity contribution is 9.09. The Morgan fingerprint density at radius 1 is 1.23 bits per heavy atom. The van der Waals surface area contributed by atoms with Crippen LogP contribution in [0.2, 0.25) is 0 Å². The SMILES string of the molecule is CCCCOCCCOC(=O)CBr. The fraction of sp³-hybridized carbons (Fsp3) is 0.889. The summed E-state index contributed by atoms with van der Waals surface area (Å²) in [5, 5.41) is 0.268. The highest BCUT2D eigenvalue weighted by Gasteiger charge is 1.97. The molecule has 0 aromatic rings. The molecule has 0 heterocycles. The third kappa shape index (κ3) is 9.83. The van der Waals surface area contributed by atoms with Crippen LogP contribution in [0, 0.1) is 0 Å². The van der Waals surface area contributed by atoms with Crippen LogP contribution < -0.4 is 0 Å². The van der Waals surface area contributed by atoms with Crippen molar-refractivity contribution in [3.05, 3.63) is 0 Å². The van der Waals surface area contributed by atoms with Gasteiger partial charge in [-0.1, -0.05) is 29.3 Å². The van der Waals surface area contributed by atoms with Gasteiger partial charge in [-0.3, -0.25) is 4.79 Å². The van der Waals surface area contributed by atoms with Crippen LogP contribution in [-0.2, 0) is 14.3 Å². The van der Waals surface area contributed by atoms with E-state index >= 15 is 0 Å². The molecule has 4 heteroatoms. The van der Waals surface area contributed by atoms with Gasteiger partial charge in [-0.15, -0.1) is 0 Å². The lowest BCUT2D eigenvalue weighted by molar-refractivity contribution is -0.140. The Labute approximate surface area is 87.9 Å². The zero-order valence-corrected chi connectivity index (χ0v) is 9.64. The molecule has 0 aliphatic heterocycles. The first-order valence-electron chi connectivity index (χ1n) is 4.60. The van der Waals surface area contributed by atoms with Gasteiger partial charge < -0.3 is 9.47 Å². The minimum Gasteiger partial charge on any atom is -0.465 e. The van der Waals surface area contributed by atoms with Crippen molar-refractivity contribution in [1.82, 2.24) is 0 Å². The number of rotatable bonds is 8. The zero-order valence-electron chi connectivity index (χ0n) is 8.05. The van der Waals surface area contributed by atoms with Gasteiger partial charge in [0.15, 0.2) is 0 Å². The lowest BCUT2D eigenvalue weighted by Gasteiger charge is -2.03. The van der Waals surface area contributed by atoms with Crippen molar-refractivity contribution in [2.24, 2.45) is 0 Å². The van der Waals surface area contributed by atoms with E-state index in [0.29, 0.717) is 13.2 Å². The van der Waals surface area contributed by atoms with E-state index in [4.69, 9.17) is 9.47 Å². The van der Waals surface area contributed by atoms with Gasteiger partial charge in [0, 0.05) is 19.6 Å². The topological polar surface area (TPSA) is 35.5 Å². The molecule has 0 spiro atoms. The van der Waals surface area contributed by atoms with Crippen molar-refractivity contribution in [3.63, 3.8) is 0 Å². The average Bonchev–Trinajstić information content (AvgIpc) is 2.16. The maximum Gasteiger partial charge on any atom is 0.316 e. The number of unbranched alkanes of at least 4 members (excludes halogenated alkanes) is 1. The molecule has 0 radical (unpaired) electrons. The third-order valence-corrected chi connectivity index (χ3v) is 1.91. The predicted octanol–water partition coefficient (Wildman–Crippen LogP) is 2.13. The van der Waals surface area contributed by atoms with Crippen LogP contribution in [0.4, 0.5) is 0 Å². The third-order valence-electron chi connectivity index (χ3n) is 1.45. The van der Waals surface area contributed by atoms with Crippen LogP contribution in [0.15, 0.2) is 0 Å². The van der Waals surface area contributed by atoms with Crippen LogP contribution in [-0.4, -0.2) is 31.1 Å². The molecule has 0 rings (SSSR count). The molecule has 0 amide bonds. The molecule has 0 saturated heterocycles. The van der Waals surface area contributed by atoms with Crippen molar-refractivity contribution < 1.29 is 14.3 Å². The maximum atomic E-state index is 10.6. The van der Waals surface area contributed by atoms with Gasteiger partial charge in [-0.2, -0.15) is 0 Å². The van der Waals surface area contributed by atoms with E-state index in [2.05, 4.69) is 22.9 Å². The molecule has 0 saturated carbocycles. The van der Waals surface area contributed by atoms with E-state index in [1.165, 1.54) is 0 Å². The smallest absolute Gasteiger partial charge is 0.316 e. The summed E-state index contributed by atoms with van der Waals surface area (Å²) in [5.41, 5.74) is 0. The van der Waals surface area contributed by atoms with E-state index in [1.54, 1.807) is 0 Å². The molecule has 0 aromatic heterocycles. The van der Waals surface area contributed by atoms with E-state index < -0.39 is 0 Å². The van der Waals surface area contributed by atoms with E-state index in [0.717, 1.165) is 25.9 Å². The average molecular weight is 253 g/mol. The number of carbonyl (C=O) groups excluding carboxylic acids is 1. The molecule has 13 heavy (non-hydrogen) atoms. The van der Waals surface area contributed by atoms with Crippen molar-refractivity contribution in [2.75, 3.05) is 25.2 Å². The Morgan fingerprint density at radius 3 is 2.54 bits per heavy atom. The Kier molecular flexibility index (Phi) is 9.92. The minimum atomic E-state index is -0.214. The van der Waals surface area contributed by atoms with Crippen molar-refractivity contribution in [3.8, 4) is 0 Å². The molecule has 0 aromatic carbocycles. The van der Waals surface area contributed by atoms with Crippen LogP contribution in [0.25, 0.3) is 0 Å². The van der Waals surface area contributed by atoms with Gasteiger partial charge in [0.25, 0.3) is 0 Å². The molecule has 78 valence electrons. The number of ether oxygens (including phenoxy) is 2. The Hall–Kier alpha value is -0.0900. The summed E-state index contributed by atoms with van der Waals surface area (Å²) in [6, 6.07) is 0. The summed E-state index contributed by atoms with van der Waals surface area (Å²) in [7, 11) is 0. The minimum absolute atomic E-state index is 0.214. The Balaban J connectivity index is 2.95. The van der Waals surface area contributed by atoms with Gasteiger partial charge in [-0.25, -0.2) is 0 Å². The number of alkyl halides is 1. The molecule has 0 fully saturated rings. The van der Waals surface area contributed by atoms with Gasteiger partial charge in [0.2, 0.25) is 0 Å².